The highest BCUT2D eigenvalue weighted by molar-refractivity contribution is 4.94. The second kappa shape index (κ2) is 6.01. The van der Waals surface area contributed by atoms with E-state index in [1.807, 2.05) is 6.07 Å². The van der Waals surface area contributed by atoms with Gasteiger partial charge in [-0.3, -0.25) is 0 Å². The van der Waals surface area contributed by atoms with E-state index in [9.17, 15) is 0 Å². The van der Waals surface area contributed by atoms with E-state index >= 15 is 0 Å². The topological polar surface area (TPSA) is 41.3 Å². The summed E-state index contributed by atoms with van der Waals surface area (Å²) in [4.78, 5) is 2.53. The summed E-state index contributed by atoms with van der Waals surface area (Å²) in [7, 11) is 0. The van der Waals surface area contributed by atoms with Crippen LogP contribution in [0.15, 0.2) is 16.9 Å². The molecule has 1 unspecified atom stereocenters. The van der Waals surface area contributed by atoms with Crippen molar-refractivity contribution in [2.24, 2.45) is 0 Å². The van der Waals surface area contributed by atoms with E-state index in [0.717, 1.165) is 12.2 Å². The van der Waals surface area contributed by atoms with Crippen LogP contribution in [0.3, 0.4) is 0 Å². The Bertz CT molecular complexity index is 286. The lowest BCUT2D eigenvalue weighted by molar-refractivity contribution is 0.297. The van der Waals surface area contributed by atoms with Crippen molar-refractivity contribution in [1.29, 1.82) is 0 Å². The van der Waals surface area contributed by atoms with Crippen LogP contribution < -0.4 is 5.32 Å². The van der Waals surface area contributed by atoms with Crippen molar-refractivity contribution in [3.05, 3.63) is 18.0 Å². The maximum Gasteiger partial charge on any atom is 0.124 e. The first-order valence-electron chi connectivity index (χ1n) is 6.23. The number of hydrogen-bond donors (Lipinski definition) is 1. The first-order valence-corrected chi connectivity index (χ1v) is 6.23. The zero-order chi connectivity index (χ0) is 11.2. The molecule has 0 saturated carbocycles. The lowest BCUT2D eigenvalue weighted by atomic mass is 10.1. The van der Waals surface area contributed by atoms with Crippen LogP contribution in [-0.2, 0) is 6.54 Å². The van der Waals surface area contributed by atoms with Crippen molar-refractivity contribution in [3.8, 4) is 0 Å². The quantitative estimate of drug-likeness (QED) is 0.842. The summed E-state index contributed by atoms with van der Waals surface area (Å²) < 4.78 is 4.82. The van der Waals surface area contributed by atoms with Crippen molar-refractivity contribution in [2.75, 3.05) is 19.6 Å². The summed E-state index contributed by atoms with van der Waals surface area (Å²) in [5.74, 6) is 0. The number of hydrogen-bond acceptors (Lipinski definition) is 4. The molecule has 1 fully saturated rings. The van der Waals surface area contributed by atoms with Crippen molar-refractivity contribution in [2.45, 2.75) is 38.8 Å². The van der Waals surface area contributed by atoms with Crippen LogP contribution in [0.25, 0.3) is 0 Å². The molecule has 0 aromatic carbocycles. The Kier molecular flexibility index (Phi) is 4.36. The number of rotatable bonds is 4. The van der Waals surface area contributed by atoms with Gasteiger partial charge in [0.25, 0.3) is 0 Å². The first-order chi connectivity index (χ1) is 7.88. The smallest absolute Gasteiger partial charge is 0.124 e. The molecule has 1 aliphatic heterocycles. The van der Waals surface area contributed by atoms with Gasteiger partial charge >= 0.3 is 0 Å². The molecule has 4 nitrogen and oxygen atoms in total. The van der Waals surface area contributed by atoms with Gasteiger partial charge in [0.15, 0.2) is 0 Å². The zero-order valence-electron chi connectivity index (χ0n) is 9.98. The van der Waals surface area contributed by atoms with Crippen LogP contribution in [0.1, 0.15) is 31.9 Å². The predicted molar refractivity (Wildman–Crippen MR) is 63.1 cm³/mol. The highest BCUT2D eigenvalue weighted by Crippen LogP contribution is 2.11. The maximum absolute atomic E-state index is 4.82. The van der Waals surface area contributed by atoms with Gasteiger partial charge < -0.3 is 14.7 Å². The molecule has 1 atom stereocenters. The van der Waals surface area contributed by atoms with E-state index in [4.69, 9.17) is 4.52 Å². The van der Waals surface area contributed by atoms with Gasteiger partial charge in [0, 0.05) is 18.7 Å². The minimum absolute atomic E-state index is 0.633. The molecule has 0 aliphatic carbocycles. The molecular weight excluding hydrogens is 202 g/mol. The van der Waals surface area contributed by atoms with Crippen LogP contribution in [0, 0.1) is 0 Å². The molecule has 16 heavy (non-hydrogen) atoms. The standard InChI is InChI=1S/C12H21N3O/c1-2-15-7-3-4-11(5-8-15)13-10-12-6-9-16-14-12/h6,9,11,13H,2-5,7-8,10H2,1H3. The van der Waals surface area contributed by atoms with Crippen LogP contribution in [0.5, 0.6) is 0 Å². The molecule has 1 N–H and O–H groups in total. The Morgan fingerprint density at radius 1 is 1.50 bits per heavy atom. The van der Waals surface area contributed by atoms with Gasteiger partial charge in [0.2, 0.25) is 0 Å². The van der Waals surface area contributed by atoms with Crippen LogP contribution in [0.4, 0.5) is 0 Å². The SMILES string of the molecule is CCN1CCCC(NCc2ccon2)CC1. The van der Waals surface area contributed by atoms with Crippen molar-refractivity contribution < 1.29 is 4.52 Å². The molecule has 0 bridgehead atoms. The zero-order valence-corrected chi connectivity index (χ0v) is 9.98. The Morgan fingerprint density at radius 3 is 3.19 bits per heavy atom. The Hall–Kier alpha value is -0.870. The fraction of sp³-hybridized carbons (Fsp3) is 0.750. The normalized spacial score (nSPS) is 23.2. The van der Waals surface area contributed by atoms with E-state index in [2.05, 4.69) is 22.3 Å². The molecule has 0 amide bonds. The van der Waals surface area contributed by atoms with Gasteiger partial charge in [-0.2, -0.15) is 0 Å². The van der Waals surface area contributed by atoms with E-state index in [1.54, 1.807) is 6.26 Å². The molecular formula is C12H21N3O. The van der Waals surface area contributed by atoms with Crippen LogP contribution in [0.2, 0.25) is 0 Å². The molecule has 0 radical (unpaired) electrons. The van der Waals surface area contributed by atoms with E-state index in [-0.39, 0.29) is 0 Å². The maximum atomic E-state index is 4.82. The van der Waals surface area contributed by atoms with Gasteiger partial charge in [0.05, 0.1) is 5.69 Å². The fourth-order valence-corrected chi connectivity index (χ4v) is 2.25. The highest BCUT2D eigenvalue weighted by atomic mass is 16.5. The summed E-state index contributed by atoms with van der Waals surface area (Å²) >= 11 is 0. The minimum atomic E-state index is 0.633. The first kappa shape index (κ1) is 11.6. The van der Waals surface area contributed by atoms with E-state index < -0.39 is 0 Å². The average Bonchev–Trinajstić information content (AvgIpc) is 2.72. The number of nitrogens with zero attached hydrogens (tertiary/aromatic N) is 2. The number of likely N-dealkylation sites (tertiary alicyclic amines) is 1. The van der Waals surface area contributed by atoms with Gasteiger partial charge in [-0.05, 0) is 38.9 Å². The Labute approximate surface area is 97.0 Å². The summed E-state index contributed by atoms with van der Waals surface area (Å²) in [5, 5.41) is 7.47. The molecule has 4 heteroatoms. The molecule has 1 aromatic rings. The summed E-state index contributed by atoms with van der Waals surface area (Å²) in [6.07, 6.45) is 5.44. The molecule has 90 valence electrons. The third kappa shape index (κ3) is 3.32. The number of aromatic nitrogens is 1. The summed E-state index contributed by atoms with van der Waals surface area (Å²) in [6.45, 7) is 6.71. The molecule has 1 aliphatic rings. The molecule has 1 saturated heterocycles. The third-order valence-electron chi connectivity index (χ3n) is 3.33. The third-order valence-corrected chi connectivity index (χ3v) is 3.33. The summed E-state index contributed by atoms with van der Waals surface area (Å²) in [5.41, 5.74) is 0.997. The number of nitrogens with one attached hydrogen (secondary N) is 1. The molecule has 2 rings (SSSR count). The van der Waals surface area contributed by atoms with Gasteiger partial charge in [0.1, 0.15) is 6.26 Å². The molecule has 2 heterocycles. The molecule has 1 aromatic heterocycles. The van der Waals surface area contributed by atoms with Gasteiger partial charge in [-0.15, -0.1) is 0 Å². The monoisotopic (exact) mass is 223 g/mol. The lowest BCUT2D eigenvalue weighted by Crippen LogP contribution is -2.30. The fourth-order valence-electron chi connectivity index (χ4n) is 2.25. The van der Waals surface area contributed by atoms with Crippen molar-refractivity contribution in [1.82, 2.24) is 15.4 Å². The summed E-state index contributed by atoms with van der Waals surface area (Å²) in [6, 6.07) is 2.55. The van der Waals surface area contributed by atoms with Gasteiger partial charge in [-0.25, -0.2) is 0 Å². The Morgan fingerprint density at radius 2 is 2.44 bits per heavy atom. The second-order valence-electron chi connectivity index (χ2n) is 4.43. The van der Waals surface area contributed by atoms with Crippen molar-refractivity contribution in [3.63, 3.8) is 0 Å². The average molecular weight is 223 g/mol. The Balaban J connectivity index is 1.73. The van der Waals surface area contributed by atoms with E-state index in [0.29, 0.717) is 6.04 Å². The second-order valence-corrected chi connectivity index (χ2v) is 4.43. The van der Waals surface area contributed by atoms with Crippen LogP contribution in [-0.4, -0.2) is 35.7 Å². The van der Waals surface area contributed by atoms with Gasteiger partial charge in [-0.1, -0.05) is 12.1 Å². The largest absolute Gasteiger partial charge is 0.364 e. The van der Waals surface area contributed by atoms with Crippen molar-refractivity contribution >= 4 is 0 Å². The molecule has 0 spiro atoms. The lowest BCUT2D eigenvalue weighted by Gasteiger charge is -2.18. The highest BCUT2D eigenvalue weighted by Gasteiger charge is 2.15. The minimum Gasteiger partial charge on any atom is -0.364 e. The predicted octanol–water partition coefficient (Wildman–Crippen LogP) is 1.64. The van der Waals surface area contributed by atoms with Crippen LogP contribution >= 0.6 is 0 Å². The van der Waals surface area contributed by atoms with E-state index in [1.165, 1.54) is 38.9 Å².